The molecular formula is C67H112N20O16S2. The number of hydrogen-bond acceptors (Lipinski definition) is 20. The lowest BCUT2D eigenvalue weighted by Crippen LogP contribution is -2.61. The zero-order chi connectivity index (χ0) is 78.6. The number of carboxylic acid groups (broad SMARTS) is 1. The normalized spacial score (nSPS) is 15.9. The number of fused-ring (bicyclic) bond motifs is 1. The average Bonchev–Trinajstić information content (AvgIpc) is 1.72. The Labute approximate surface area is 621 Å². The second-order valence-corrected chi connectivity index (χ2v) is 28.2. The van der Waals surface area contributed by atoms with Crippen LogP contribution >= 0.6 is 24.4 Å². The summed E-state index contributed by atoms with van der Waals surface area (Å²) in [4.78, 5) is 193. The second kappa shape index (κ2) is 46.7. The van der Waals surface area contributed by atoms with Crippen LogP contribution in [0.5, 0.6) is 0 Å². The van der Waals surface area contributed by atoms with Gasteiger partial charge < -0.3 is 112 Å². The fraction of sp³-hybridized carbons (Fsp3) is 0.657. The van der Waals surface area contributed by atoms with Crippen LogP contribution < -0.4 is 87.2 Å². The van der Waals surface area contributed by atoms with Gasteiger partial charge in [0.2, 0.25) is 70.9 Å². The number of carboxylic acids is 1. The van der Waals surface area contributed by atoms with E-state index in [9.17, 15) is 77.6 Å². The van der Waals surface area contributed by atoms with Crippen LogP contribution in [-0.2, 0) is 68.7 Å². The maximum absolute atomic E-state index is 14.8. The number of aliphatic hydroxyl groups excluding tert-OH is 2. The van der Waals surface area contributed by atoms with Crippen molar-refractivity contribution in [3.8, 4) is 0 Å². The van der Waals surface area contributed by atoms with Crippen LogP contribution in [0.4, 0.5) is 0 Å². The molecule has 0 radical (unpaired) electrons. The molecule has 1 aliphatic rings. The molecule has 1 aromatic carbocycles. The summed E-state index contributed by atoms with van der Waals surface area (Å²) in [6.45, 7) is 9.88. The van der Waals surface area contributed by atoms with E-state index < -0.39 is 168 Å². The number of guanidine groups is 2. The number of para-hydroxylation sites is 1. The van der Waals surface area contributed by atoms with Crippen molar-refractivity contribution in [2.75, 3.05) is 57.2 Å². The van der Waals surface area contributed by atoms with Gasteiger partial charge in [-0.3, -0.25) is 67.5 Å². The molecule has 1 aliphatic heterocycles. The fourth-order valence-corrected chi connectivity index (χ4v) is 12.2. The molecule has 3 rings (SSSR count). The number of aromatic amines is 1. The summed E-state index contributed by atoms with van der Waals surface area (Å²) in [6.07, 6.45) is 4.58. The predicted octanol–water partition coefficient (Wildman–Crippen LogP) is -4.21. The number of amides is 12. The van der Waals surface area contributed by atoms with Gasteiger partial charge in [0.25, 0.3) is 0 Å². The standard InChI is InChI=1S/C67H112N20O16S2/c1-35(2)28-46(80-57(94)45(22-27-105-8)76-38(7)90)58(95)78-44(20-14-25-74-67(71)72)55(92)81-47(30-39-31-75-41-17-10-9-16-40(39)41)59(96)83-49(32-88)60(97)79-43(19-13-24-73-66(69)70)54(91)77-42(18-11-12-23-68)56(93)82-48(29-36(3)4)64(101)87-26-15-21-52(87)62(99)85-51(34-104)61(98)86-53(37(5)6)63(100)84-50(33-89)65(102)103/h9-10,16-17,31,35-37,42-53,75,88-89,104H,11-15,18-30,32-34,68H2,1-8H3,(H,76,90)(H,77,91)(H,78,95)(H,79,97)(H,80,94)(H,81,92)(H,82,93)(H,83,96)(H,84,100)(H,85,99)(H,86,98)(H,102,103)(H4,69,70,73)(H4,71,72,74)/t42-,43-,44-,45-,46-,47-,48-,49-,50-,51-,52-,53-/m0/s1. The Bertz CT molecular complexity index is 3300. The summed E-state index contributed by atoms with van der Waals surface area (Å²) in [5, 5.41) is 59.0. The Morgan fingerprint density at radius 2 is 1.03 bits per heavy atom. The molecule has 0 saturated carbocycles. The van der Waals surface area contributed by atoms with Crippen LogP contribution in [0.2, 0.25) is 0 Å². The first-order chi connectivity index (χ1) is 49.7. The molecule has 36 nitrogen and oxygen atoms in total. The quantitative estimate of drug-likeness (QED) is 0.0129. The number of benzene rings is 1. The van der Waals surface area contributed by atoms with Gasteiger partial charge >= 0.3 is 5.97 Å². The zero-order valence-electron chi connectivity index (χ0n) is 61.1. The highest BCUT2D eigenvalue weighted by Gasteiger charge is 2.42. The molecule has 1 fully saturated rings. The summed E-state index contributed by atoms with van der Waals surface area (Å²) in [6, 6.07) is -9.61. The van der Waals surface area contributed by atoms with Crippen LogP contribution in [0, 0.1) is 17.8 Å². The number of carbonyl (C=O) groups is 13. The SMILES string of the molecule is CSCC[C@H](NC(C)=O)C(=O)N[C@@H](CC(C)C)C(=O)N[C@@H](CCCN=C(N)N)C(=O)N[C@@H](Cc1c[nH]c2ccccc12)C(=O)N[C@@H](CO)C(=O)N[C@@H](CCCN=C(N)N)C(=O)N[C@@H](CCCCN)C(=O)N[C@@H](CC(C)C)C(=O)N1CCC[C@H]1C(=O)N[C@@H](CS)C(=O)N[C@H](C(=O)N[C@@H](CO)C(=O)O)C(C)C. The number of nitrogens with two attached hydrogens (primary N) is 5. The van der Waals surface area contributed by atoms with Gasteiger partial charge in [0.1, 0.15) is 72.5 Å². The van der Waals surface area contributed by atoms with Gasteiger partial charge in [0.15, 0.2) is 11.9 Å². The molecule has 588 valence electrons. The molecule has 0 unspecified atom stereocenters. The van der Waals surface area contributed by atoms with Crippen LogP contribution in [0.15, 0.2) is 40.4 Å². The number of carbonyl (C=O) groups excluding carboxylic acids is 12. The van der Waals surface area contributed by atoms with Crippen LogP contribution in [0.1, 0.15) is 131 Å². The number of rotatable bonds is 48. The first-order valence-electron chi connectivity index (χ1n) is 35.2. The highest BCUT2D eigenvalue weighted by molar-refractivity contribution is 7.98. The summed E-state index contributed by atoms with van der Waals surface area (Å²) in [7, 11) is 0. The van der Waals surface area contributed by atoms with Crippen LogP contribution in [0.3, 0.4) is 0 Å². The number of nitrogens with one attached hydrogen (secondary N) is 12. The van der Waals surface area contributed by atoms with E-state index in [4.69, 9.17) is 28.7 Å². The molecule has 1 saturated heterocycles. The smallest absolute Gasteiger partial charge is 0.328 e. The molecule has 38 heteroatoms. The van der Waals surface area contributed by atoms with Crippen LogP contribution in [0.25, 0.3) is 10.9 Å². The lowest BCUT2D eigenvalue weighted by Gasteiger charge is -2.32. The number of aliphatic imine (C=N–C) groups is 2. The molecule has 2 aromatic rings. The maximum atomic E-state index is 14.8. The van der Waals surface area contributed by atoms with E-state index in [0.29, 0.717) is 35.1 Å². The van der Waals surface area contributed by atoms with Gasteiger partial charge in [-0.25, -0.2) is 4.79 Å². The molecule has 12 atom stereocenters. The van der Waals surface area contributed by atoms with E-state index >= 15 is 0 Å². The second-order valence-electron chi connectivity index (χ2n) is 26.9. The molecule has 25 N–H and O–H groups in total. The molecule has 105 heavy (non-hydrogen) atoms. The maximum Gasteiger partial charge on any atom is 0.328 e. The van der Waals surface area contributed by atoms with Crippen molar-refractivity contribution in [1.82, 2.24) is 68.4 Å². The Morgan fingerprint density at radius 1 is 0.571 bits per heavy atom. The zero-order valence-corrected chi connectivity index (χ0v) is 62.8. The third-order valence-corrected chi connectivity index (χ3v) is 18.0. The Morgan fingerprint density at radius 3 is 1.52 bits per heavy atom. The number of aliphatic hydroxyl groups is 2. The number of thioether (sulfide) groups is 1. The van der Waals surface area contributed by atoms with Crippen molar-refractivity contribution in [1.29, 1.82) is 0 Å². The van der Waals surface area contributed by atoms with Crippen molar-refractivity contribution < 1.29 is 77.6 Å². The van der Waals surface area contributed by atoms with Gasteiger partial charge in [0, 0.05) is 55.8 Å². The third-order valence-electron chi connectivity index (χ3n) is 16.9. The fourth-order valence-electron chi connectivity index (χ4n) is 11.5. The highest BCUT2D eigenvalue weighted by atomic mass is 32.2. The van der Waals surface area contributed by atoms with E-state index in [1.807, 2.05) is 20.1 Å². The molecular weight excluding hydrogens is 1400 g/mol. The van der Waals surface area contributed by atoms with Crippen LogP contribution in [-0.4, -0.2) is 244 Å². The third kappa shape index (κ3) is 31.3. The summed E-state index contributed by atoms with van der Waals surface area (Å²) in [5.41, 5.74) is 29.5. The molecule has 0 spiro atoms. The Hall–Kier alpha value is -9.01. The number of thiol groups is 1. The number of unbranched alkanes of at least 4 members (excludes halogenated alkanes) is 1. The summed E-state index contributed by atoms with van der Waals surface area (Å²) in [5.74, 6) is -12.6. The van der Waals surface area contributed by atoms with Gasteiger partial charge in [-0.15, -0.1) is 0 Å². The number of likely N-dealkylation sites (tertiary alicyclic amines) is 1. The Kier molecular flexibility index (Phi) is 40.2. The Balaban J connectivity index is 2.00. The van der Waals surface area contributed by atoms with E-state index in [1.54, 1.807) is 58.2 Å². The summed E-state index contributed by atoms with van der Waals surface area (Å²) >= 11 is 5.71. The number of aliphatic carboxylic acids is 1. The average molecular weight is 1520 g/mol. The van der Waals surface area contributed by atoms with E-state index in [-0.39, 0.29) is 126 Å². The minimum Gasteiger partial charge on any atom is -0.480 e. The minimum atomic E-state index is -1.83. The molecule has 1 aromatic heterocycles. The molecule has 0 aliphatic carbocycles. The summed E-state index contributed by atoms with van der Waals surface area (Å²) < 4.78 is 0. The number of nitrogens with zero attached hydrogens (tertiary/aromatic N) is 3. The number of H-pyrrole nitrogens is 1. The van der Waals surface area contributed by atoms with Crippen molar-refractivity contribution in [2.24, 2.45) is 56.4 Å². The largest absolute Gasteiger partial charge is 0.480 e. The lowest BCUT2D eigenvalue weighted by molar-refractivity contribution is -0.144. The lowest BCUT2D eigenvalue weighted by atomic mass is 10.0. The minimum absolute atomic E-state index is 0.0142. The van der Waals surface area contributed by atoms with Crippen molar-refractivity contribution in [3.05, 3.63) is 36.0 Å². The monoisotopic (exact) mass is 1520 g/mol. The first kappa shape index (κ1) is 90.2. The predicted molar refractivity (Wildman–Crippen MR) is 399 cm³/mol. The van der Waals surface area contributed by atoms with E-state index in [0.717, 1.165) is 0 Å². The van der Waals surface area contributed by atoms with Gasteiger partial charge in [-0.05, 0) is 125 Å². The van der Waals surface area contributed by atoms with Gasteiger partial charge in [-0.2, -0.15) is 24.4 Å². The van der Waals surface area contributed by atoms with E-state index in [2.05, 4.69) is 86.1 Å². The van der Waals surface area contributed by atoms with Crippen molar-refractivity contribution in [3.63, 3.8) is 0 Å². The topological polar surface area (TPSA) is 589 Å². The van der Waals surface area contributed by atoms with Gasteiger partial charge in [-0.1, -0.05) is 59.7 Å². The van der Waals surface area contributed by atoms with Gasteiger partial charge in [0.05, 0.1) is 13.2 Å². The van der Waals surface area contributed by atoms with Crippen molar-refractivity contribution >= 4 is 124 Å². The van der Waals surface area contributed by atoms with E-state index in [1.165, 1.54) is 23.6 Å². The number of hydrogen-bond donors (Lipinski definition) is 21. The molecule has 0 bridgehead atoms. The number of aromatic nitrogens is 1. The molecule has 2 heterocycles. The molecule has 12 amide bonds. The first-order valence-corrected chi connectivity index (χ1v) is 37.2. The van der Waals surface area contributed by atoms with Crippen molar-refractivity contribution in [2.45, 2.75) is 204 Å². The highest BCUT2D eigenvalue weighted by Crippen LogP contribution is 2.23.